The number of imidazole rings is 1. The van der Waals surface area contributed by atoms with Gasteiger partial charge in [-0.3, -0.25) is 4.79 Å². The van der Waals surface area contributed by atoms with Crippen molar-refractivity contribution in [1.82, 2.24) is 14.9 Å². The fraction of sp³-hybridized carbons (Fsp3) is 0.182. The molecular formula is C22H22N4O3S3. The maximum atomic E-state index is 12.8. The van der Waals surface area contributed by atoms with E-state index < -0.39 is 10.0 Å². The van der Waals surface area contributed by atoms with Gasteiger partial charge in [-0.2, -0.15) is 0 Å². The third kappa shape index (κ3) is 4.88. The van der Waals surface area contributed by atoms with Crippen LogP contribution in [0.15, 0.2) is 76.1 Å². The Labute approximate surface area is 194 Å². The van der Waals surface area contributed by atoms with Crippen LogP contribution in [0.25, 0.3) is 11.0 Å². The maximum Gasteiger partial charge on any atom is 0.238 e. The van der Waals surface area contributed by atoms with Gasteiger partial charge in [0.1, 0.15) is 0 Å². The van der Waals surface area contributed by atoms with Gasteiger partial charge in [-0.1, -0.05) is 48.2 Å². The first-order valence-corrected chi connectivity index (χ1v) is 13.3. The number of nitrogens with one attached hydrogen (secondary N) is 1. The lowest BCUT2D eigenvalue weighted by atomic mass is 10.1. The van der Waals surface area contributed by atoms with E-state index in [1.54, 1.807) is 17.4 Å². The van der Waals surface area contributed by atoms with Crippen molar-refractivity contribution in [3.63, 3.8) is 0 Å². The van der Waals surface area contributed by atoms with E-state index in [1.807, 2.05) is 59.3 Å². The van der Waals surface area contributed by atoms with Gasteiger partial charge >= 0.3 is 0 Å². The number of nitrogens with two attached hydrogens (primary N) is 1. The van der Waals surface area contributed by atoms with Gasteiger partial charge in [-0.05, 0) is 42.1 Å². The van der Waals surface area contributed by atoms with Crippen molar-refractivity contribution in [3.05, 3.63) is 76.5 Å². The van der Waals surface area contributed by atoms with E-state index in [0.717, 1.165) is 16.0 Å². The number of benzene rings is 2. The van der Waals surface area contributed by atoms with Gasteiger partial charge in [0, 0.05) is 11.4 Å². The molecule has 0 aliphatic rings. The second-order valence-electron chi connectivity index (χ2n) is 7.05. The number of sulfonamides is 1. The van der Waals surface area contributed by atoms with Gasteiger partial charge in [0.25, 0.3) is 0 Å². The van der Waals surface area contributed by atoms with E-state index in [2.05, 4.69) is 10.3 Å². The van der Waals surface area contributed by atoms with Crippen LogP contribution < -0.4 is 10.5 Å². The minimum atomic E-state index is -3.81. The molecule has 3 N–H and O–H groups in total. The SMILES string of the molecule is CCn1c(SCC(=O)NC(c2ccccc2)c2cccs2)nc2cc(S(N)(=O)=O)ccc21. The average molecular weight is 487 g/mol. The van der Waals surface area contributed by atoms with Crippen molar-refractivity contribution in [3.8, 4) is 0 Å². The van der Waals surface area contributed by atoms with Crippen LogP contribution in [-0.2, 0) is 21.4 Å². The molecule has 2 aromatic heterocycles. The monoisotopic (exact) mass is 486 g/mol. The standard InChI is InChI=1S/C22H22N4O3S3/c1-2-26-18-11-10-16(32(23,28)29)13-17(18)24-22(26)31-14-20(27)25-21(19-9-6-12-30-19)15-7-4-3-5-8-15/h3-13,21H,2,14H2,1H3,(H,25,27)(H2,23,28,29). The van der Waals surface area contributed by atoms with E-state index in [9.17, 15) is 13.2 Å². The summed E-state index contributed by atoms with van der Waals surface area (Å²) in [4.78, 5) is 18.5. The van der Waals surface area contributed by atoms with E-state index >= 15 is 0 Å². The largest absolute Gasteiger partial charge is 0.344 e. The van der Waals surface area contributed by atoms with Gasteiger partial charge in [0.15, 0.2) is 5.16 Å². The molecule has 0 fully saturated rings. The maximum absolute atomic E-state index is 12.8. The minimum absolute atomic E-state index is 0.0155. The van der Waals surface area contributed by atoms with Crippen molar-refractivity contribution in [2.24, 2.45) is 5.14 Å². The number of primary sulfonamides is 1. The molecule has 4 aromatic rings. The smallest absolute Gasteiger partial charge is 0.238 e. The molecule has 166 valence electrons. The van der Waals surface area contributed by atoms with Gasteiger partial charge in [-0.25, -0.2) is 18.5 Å². The average Bonchev–Trinajstić information content (AvgIpc) is 3.43. The molecule has 2 aromatic carbocycles. The normalized spacial score (nSPS) is 12.7. The summed E-state index contributed by atoms with van der Waals surface area (Å²) in [5, 5.41) is 11.0. The first-order valence-electron chi connectivity index (χ1n) is 9.90. The molecule has 4 rings (SSSR count). The summed E-state index contributed by atoms with van der Waals surface area (Å²) in [7, 11) is -3.81. The molecule has 0 bridgehead atoms. The summed E-state index contributed by atoms with van der Waals surface area (Å²) in [6.45, 7) is 2.61. The molecule has 0 aliphatic heterocycles. The highest BCUT2D eigenvalue weighted by atomic mass is 32.2. The van der Waals surface area contributed by atoms with E-state index in [1.165, 1.54) is 23.9 Å². The predicted molar refractivity (Wildman–Crippen MR) is 128 cm³/mol. The summed E-state index contributed by atoms with van der Waals surface area (Å²) in [6.07, 6.45) is 0. The number of nitrogens with zero attached hydrogens (tertiary/aromatic N) is 2. The number of thiophene rings is 1. The first-order chi connectivity index (χ1) is 15.4. The first kappa shape index (κ1) is 22.5. The highest BCUT2D eigenvalue weighted by Gasteiger charge is 2.19. The van der Waals surface area contributed by atoms with Crippen LogP contribution >= 0.6 is 23.1 Å². The zero-order valence-electron chi connectivity index (χ0n) is 17.3. The summed E-state index contributed by atoms with van der Waals surface area (Å²) in [6, 6.07) is 18.2. The second-order valence-corrected chi connectivity index (χ2v) is 10.5. The number of aromatic nitrogens is 2. The summed E-state index contributed by atoms with van der Waals surface area (Å²) < 4.78 is 25.3. The Hall–Kier alpha value is -2.66. The number of fused-ring (bicyclic) bond motifs is 1. The molecule has 0 spiro atoms. The quantitative estimate of drug-likeness (QED) is 0.369. The molecule has 0 aliphatic carbocycles. The van der Waals surface area contributed by atoms with E-state index in [4.69, 9.17) is 5.14 Å². The van der Waals surface area contributed by atoms with Crippen molar-refractivity contribution in [2.45, 2.75) is 29.6 Å². The molecule has 1 atom stereocenters. The van der Waals surface area contributed by atoms with Crippen LogP contribution in [0.1, 0.15) is 23.4 Å². The lowest BCUT2D eigenvalue weighted by Crippen LogP contribution is -2.30. The topological polar surface area (TPSA) is 107 Å². The zero-order chi connectivity index (χ0) is 22.7. The number of rotatable bonds is 8. The molecule has 1 unspecified atom stereocenters. The number of aryl methyl sites for hydroxylation is 1. The van der Waals surface area contributed by atoms with Crippen LogP contribution in [0.3, 0.4) is 0 Å². The Morgan fingerprint density at radius 2 is 1.97 bits per heavy atom. The zero-order valence-corrected chi connectivity index (χ0v) is 19.7. The van der Waals surface area contributed by atoms with Crippen LogP contribution in [0.2, 0.25) is 0 Å². The third-order valence-electron chi connectivity index (χ3n) is 4.93. The van der Waals surface area contributed by atoms with Crippen molar-refractivity contribution < 1.29 is 13.2 Å². The Morgan fingerprint density at radius 1 is 1.19 bits per heavy atom. The van der Waals surface area contributed by atoms with Crippen molar-refractivity contribution in [1.29, 1.82) is 0 Å². The van der Waals surface area contributed by atoms with Crippen LogP contribution in [0.5, 0.6) is 0 Å². The molecule has 2 heterocycles. The van der Waals surface area contributed by atoms with Crippen molar-refractivity contribution >= 4 is 50.1 Å². The fourth-order valence-corrected chi connectivity index (χ4v) is 5.66. The summed E-state index contributed by atoms with van der Waals surface area (Å²) in [5.41, 5.74) is 2.34. The van der Waals surface area contributed by atoms with E-state index in [-0.39, 0.29) is 22.6 Å². The number of carbonyl (C=O) groups is 1. The number of hydrogen-bond donors (Lipinski definition) is 2. The summed E-state index contributed by atoms with van der Waals surface area (Å²) in [5.74, 6) is 0.0669. The van der Waals surface area contributed by atoms with Gasteiger partial charge in [0.2, 0.25) is 15.9 Å². The Balaban J connectivity index is 1.53. The fourth-order valence-electron chi connectivity index (χ4n) is 3.43. The summed E-state index contributed by atoms with van der Waals surface area (Å²) >= 11 is 2.91. The molecule has 10 heteroatoms. The Morgan fingerprint density at radius 3 is 2.62 bits per heavy atom. The highest BCUT2D eigenvalue weighted by Crippen LogP contribution is 2.28. The van der Waals surface area contributed by atoms with E-state index in [0.29, 0.717) is 17.2 Å². The second kappa shape index (κ2) is 9.45. The molecule has 1 amide bonds. The number of amides is 1. The Bertz CT molecular complexity index is 1330. The van der Waals surface area contributed by atoms with Crippen LogP contribution in [0.4, 0.5) is 0 Å². The van der Waals surface area contributed by atoms with Gasteiger partial charge in [-0.15, -0.1) is 11.3 Å². The molecule has 0 saturated carbocycles. The molecule has 32 heavy (non-hydrogen) atoms. The minimum Gasteiger partial charge on any atom is -0.344 e. The molecule has 7 nitrogen and oxygen atoms in total. The van der Waals surface area contributed by atoms with Gasteiger partial charge < -0.3 is 9.88 Å². The molecule has 0 saturated heterocycles. The van der Waals surface area contributed by atoms with Crippen LogP contribution in [-0.4, -0.2) is 29.6 Å². The number of carbonyl (C=O) groups excluding carboxylic acids is 1. The Kier molecular flexibility index (Phi) is 6.66. The number of thioether (sulfide) groups is 1. The van der Waals surface area contributed by atoms with Crippen LogP contribution in [0, 0.1) is 0 Å². The number of hydrogen-bond acceptors (Lipinski definition) is 6. The molecule has 0 radical (unpaired) electrons. The van der Waals surface area contributed by atoms with Crippen molar-refractivity contribution in [2.75, 3.05) is 5.75 Å². The third-order valence-corrected chi connectivity index (χ3v) is 7.75. The highest BCUT2D eigenvalue weighted by molar-refractivity contribution is 7.99. The predicted octanol–water partition coefficient (Wildman–Crippen LogP) is 3.76. The molecular weight excluding hydrogens is 464 g/mol. The lowest BCUT2D eigenvalue weighted by molar-refractivity contribution is -0.119. The van der Waals surface area contributed by atoms with Gasteiger partial charge in [0.05, 0.1) is 27.7 Å². The lowest BCUT2D eigenvalue weighted by Gasteiger charge is -2.18.